The molecule has 18 heavy (non-hydrogen) atoms. The lowest BCUT2D eigenvalue weighted by molar-refractivity contribution is 0.0940. The van der Waals surface area contributed by atoms with E-state index in [0.29, 0.717) is 12.1 Å². The van der Waals surface area contributed by atoms with Crippen LogP contribution < -0.4 is 11.1 Å². The van der Waals surface area contributed by atoms with Gasteiger partial charge in [-0.1, -0.05) is 18.2 Å². The van der Waals surface area contributed by atoms with Crippen molar-refractivity contribution >= 4 is 17.2 Å². The van der Waals surface area contributed by atoms with Crippen LogP contribution in [0, 0.1) is 0 Å². The van der Waals surface area contributed by atoms with E-state index >= 15 is 0 Å². The summed E-state index contributed by atoms with van der Waals surface area (Å²) in [7, 11) is 0. The van der Waals surface area contributed by atoms with Crippen molar-refractivity contribution in [2.75, 3.05) is 0 Å². The molecule has 1 atom stereocenters. The van der Waals surface area contributed by atoms with E-state index in [-0.39, 0.29) is 11.9 Å². The van der Waals surface area contributed by atoms with E-state index in [0.717, 1.165) is 10.4 Å². The summed E-state index contributed by atoms with van der Waals surface area (Å²) in [6, 6.07) is 11.4. The molecule has 0 radical (unpaired) electrons. The second-order valence-electron chi connectivity index (χ2n) is 4.11. The van der Waals surface area contributed by atoms with Crippen molar-refractivity contribution in [2.24, 2.45) is 5.73 Å². The Labute approximate surface area is 111 Å². The molecule has 0 aliphatic heterocycles. The van der Waals surface area contributed by atoms with E-state index in [1.54, 1.807) is 23.5 Å². The molecule has 4 heteroatoms. The van der Waals surface area contributed by atoms with Gasteiger partial charge in [-0.3, -0.25) is 4.79 Å². The molecule has 0 bridgehead atoms. The number of nitrogens with one attached hydrogen (secondary N) is 1. The average molecular weight is 260 g/mol. The summed E-state index contributed by atoms with van der Waals surface area (Å²) in [6.45, 7) is 2.48. The molecular formula is C14H16N2OS. The van der Waals surface area contributed by atoms with Gasteiger partial charge in [0.15, 0.2) is 0 Å². The first-order chi connectivity index (χ1) is 8.70. The van der Waals surface area contributed by atoms with Gasteiger partial charge < -0.3 is 11.1 Å². The zero-order valence-corrected chi connectivity index (χ0v) is 11.0. The van der Waals surface area contributed by atoms with Crippen LogP contribution in [0.25, 0.3) is 0 Å². The van der Waals surface area contributed by atoms with Crippen LogP contribution in [0.15, 0.2) is 41.8 Å². The molecule has 1 amide bonds. The van der Waals surface area contributed by atoms with Crippen LogP contribution in [-0.4, -0.2) is 5.91 Å². The van der Waals surface area contributed by atoms with Gasteiger partial charge in [0.25, 0.3) is 5.91 Å². The largest absolute Gasteiger partial charge is 0.345 e. The minimum Gasteiger partial charge on any atom is -0.345 e. The minimum absolute atomic E-state index is 0.0340. The fourth-order valence-corrected chi connectivity index (χ4v) is 2.42. The lowest BCUT2D eigenvalue weighted by atomic mass is 10.1. The number of hydrogen-bond donors (Lipinski definition) is 2. The van der Waals surface area contributed by atoms with E-state index in [1.807, 2.05) is 36.6 Å². The van der Waals surface area contributed by atoms with E-state index in [9.17, 15) is 4.79 Å². The summed E-state index contributed by atoms with van der Waals surface area (Å²) in [5, 5.41) is 4.98. The van der Waals surface area contributed by atoms with E-state index in [1.165, 1.54) is 0 Å². The van der Waals surface area contributed by atoms with Crippen molar-refractivity contribution in [1.29, 1.82) is 0 Å². The van der Waals surface area contributed by atoms with Gasteiger partial charge in [-0.25, -0.2) is 0 Å². The third kappa shape index (κ3) is 2.97. The van der Waals surface area contributed by atoms with Gasteiger partial charge in [-0.15, -0.1) is 11.3 Å². The minimum atomic E-state index is -0.0560. The predicted molar refractivity (Wildman–Crippen MR) is 74.5 cm³/mol. The molecule has 1 unspecified atom stereocenters. The van der Waals surface area contributed by atoms with Crippen molar-refractivity contribution in [1.82, 2.24) is 5.32 Å². The second kappa shape index (κ2) is 5.80. The third-order valence-corrected chi connectivity index (χ3v) is 3.82. The number of rotatable bonds is 4. The first-order valence-corrected chi connectivity index (χ1v) is 6.72. The highest BCUT2D eigenvalue weighted by Crippen LogP contribution is 2.18. The summed E-state index contributed by atoms with van der Waals surface area (Å²) < 4.78 is 0. The number of nitrogens with two attached hydrogens (primary N) is 1. The first-order valence-electron chi connectivity index (χ1n) is 5.84. The SMILES string of the molecule is CC(NC(=O)c1ccc(CN)cc1)c1cccs1. The Morgan fingerprint density at radius 3 is 2.61 bits per heavy atom. The standard InChI is InChI=1S/C14H16N2OS/c1-10(13-3-2-8-18-13)16-14(17)12-6-4-11(9-15)5-7-12/h2-8,10H,9,15H2,1H3,(H,16,17). The number of benzene rings is 1. The maximum atomic E-state index is 12.0. The monoisotopic (exact) mass is 260 g/mol. The van der Waals surface area contributed by atoms with Gasteiger partial charge in [0.1, 0.15) is 0 Å². The Bertz CT molecular complexity index is 505. The fraction of sp³-hybridized carbons (Fsp3) is 0.214. The number of thiophene rings is 1. The number of carbonyl (C=O) groups excluding carboxylic acids is 1. The fourth-order valence-electron chi connectivity index (χ4n) is 1.68. The summed E-state index contributed by atoms with van der Waals surface area (Å²) >= 11 is 1.64. The topological polar surface area (TPSA) is 55.1 Å². The van der Waals surface area contributed by atoms with Crippen LogP contribution in [0.4, 0.5) is 0 Å². The number of carbonyl (C=O) groups is 1. The third-order valence-electron chi connectivity index (χ3n) is 2.77. The van der Waals surface area contributed by atoms with Crippen molar-refractivity contribution in [2.45, 2.75) is 19.5 Å². The molecule has 1 aromatic heterocycles. The average Bonchev–Trinajstić information content (AvgIpc) is 2.92. The molecule has 0 aliphatic rings. The molecule has 1 heterocycles. The highest BCUT2D eigenvalue weighted by atomic mass is 32.1. The van der Waals surface area contributed by atoms with E-state index in [4.69, 9.17) is 5.73 Å². The summed E-state index contributed by atoms with van der Waals surface area (Å²) in [6.07, 6.45) is 0. The predicted octanol–water partition coefficient (Wildman–Crippen LogP) is 2.70. The Balaban J connectivity index is 2.03. The molecule has 0 aliphatic carbocycles. The van der Waals surface area contributed by atoms with Gasteiger partial charge in [-0.05, 0) is 36.1 Å². The van der Waals surface area contributed by atoms with Crippen LogP contribution in [0.2, 0.25) is 0 Å². The van der Waals surface area contributed by atoms with Gasteiger partial charge >= 0.3 is 0 Å². The lowest BCUT2D eigenvalue weighted by Crippen LogP contribution is -2.26. The van der Waals surface area contributed by atoms with Crippen molar-refractivity contribution in [3.8, 4) is 0 Å². The Kier molecular flexibility index (Phi) is 4.12. The smallest absolute Gasteiger partial charge is 0.251 e. The summed E-state index contributed by atoms with van der Waals surface area (Å²) in [4.78, 5) is 13.2. The molecular weight excluding hydrogens is 244 g/mol. The molecule has 2 rings (SSSR count). The second-order valence-corrected chi connectivity index (χ2v) is 5.09. The van der Waals surface area contributed by atoms with Crippen LogP contribution in [0.1, 0.15) is 33.8 Å². The molecule has 0 saturated carbocycles. The number of amides is 1. The first kappa shape index (κ1) is 12.8. The Morgan fingerprint density at radius 2 is 2.06 bits per heavy atom. The van der Waals surface area contributed by atoms with Gasteiger partial charge in [0, 0.05) is 17.0 Å². The van der Waals surface area contributed by atoms with Crippen molar-refractivity contribution in [3.05, 3.63) is 57.8 Å². The maximum Gasteiger partial charge on any atom is 0.251 e. The van der Waals surface area contributed by atoms with E-state index < -0.39 is 0 Å². The van der Waals surface area contributed by atoms with Crippen LogP contribution >= 0.6 is 11.3 Å². The van der Waals surface area contributed by atoms with Crippen molar-refractivity contribution < 1.29 is 4.79 Å². The molecule has 2 aromatic rings. The highest BCUT2D eigenvalue weighted by Gasteiger charge is 2.11. The number of hydrogen-bond acceptors (Lipinski definition) is 3. The lowest BCUT2D eigenvalue weighted by Gasteiger charge is -2.12. The van der Waals surface area contributed by atoms with E-state index in [2.05, 4.69) is 5.32 Å². The van der Waals surface area contributed by atoms with Crippen LogP contribution in [0.5, 0.6) is 0 Å². The zero-order chi connectivity index (χ0) is 13.0. The van der Waals surface area contributed by atoms with Gasteiger partial charge in [0.2, 0.25) is 0 Å². The van der Waals surface area contributed by atoms with Crippen LogP contribution in [-0.2, 0) is 6.54 Å². The van der Waals surface area contributed by atoms with Crippen LogP contribution in [0.3, 0.4) is 0 Å². The molecule has 0 spiro atoms. The molecule has 3 N–H and O–H groups in total. The maximum absolute atomic E-state index is 12.0. The van der Waals surface area contributed by atoms with Gasteiger partial charge in [0.05, 0.1) is 6.04 Å². The zero-order valence-electron chi connectivity index (χ0n) is 10.2. The molecule has 0 saturated heterocycles. The molecule has 1 aromatic carbocycles. The molecule has 0 fully saturated rings. The summed E-state index contributed by atoms with van der Waals surface area (Å²) in [5.41, 5.74) is 7.21. The van der Waals surface area contributed by atoms with Gasteiger partial charge in [-0.2, -0.15) is 0 Å². The Morgan fingerprint density at radius 1 is 1.33 bits per heavy atom. The van der Waals surface area contributed by atoms with Crippen molar-refractivity contribution in [3.63, 3.8) is 0 Å². The highest BCUT2D eigenvalue weighted by molar-refractivity contribution is 7.10. The summed E-state index contributed by atoms with van der Waals surface area (Å²) in [5.74, 6) is -0.0560. The normalized spacial score (nSPS) is 12.1. The quantitative estimate of drug-likeness (QED) is 0.888. The molecule has 94 valence electrons. The molecule has 3 nitrogen and oxygen atoms in total. The Hall–Kier alpha value is -1.65.